The molecule has 0 aliphatic rings. The number of halogens is 1. The van der Waals surface area contributed by atoms with E-state index >= 15 is 0 Å². The second kappa shape index (κ2) is 8.95. The van der Waals surface area contributed by atoms with E-state index in [1.807, 2.05) is 0 Å². The van der Waals surface area contributed by atoms with Crippen LogP contribution in [0.2, 0.25) is 0 Å². The van der Waals surface area contributed by atoms with Crippen molar-refractivity contribution in [2.45, 2.75) is 0 Å². The summed E-state index contributed by atoms with van der Waals surface area (Å²) in [4.78, 5) is 12.2. The van der Waals surface area contributed by atoms with Gasteiger partial charge in [0.05, 0.1) is 17.9 Å². The van der Waals surface area contributed by atoms with Gasteiger partial charge in [-0.3, -0.25) is 4.79 Å². The Morgan fingerprint density at radius 1 is 1.12 bits per heavy atom. The van der Waals surface area contributed by atoms with E-state index in [0.29, 0.717) is 35.2 Å². The number of nitrogens with one attached hydrogen (secondary N) is 3. The molecule has 3 N–H and O–H groups in total. The number of thiocarbonyl (C=S) groups is 1. The molecule has 7 heteroatoms. The molecule has 0 saturated carbocycles. The lowest BCUT2D eigenvalue weighted by Gasteiger charge is -2.14. The van der Waals surface area contributed by atoms with Gasteiger partial charge in [-0.25, -0.2) is 4.39 Å². The van der Waals surface area contributed by atoms with Crippen molar-refractivity contribution < 1.29 is 13.9 Å². The fraction of sp³-hybridized carbons (Fsp3) is 0.176. The van der Waals surface area contributed by atoms with Gasteiger partial charge in [0, 0.05) is 19.3 Å². The molecule has 24 heavy (non-hydrogen) atoms. The molecule has 0 fully saturated rings. The summed E-state index contributed by atoms with van der Waals surface area (Å²) in [5.41, 5.74) is 1.69. The average molecular weight is 347 g/mol. The number of hydrogen-bond acceptors (Lipinski definition) is 3. The lowest BCUT2D eigenvalue weighted by molar-refractivity contribution is 0.0938. The van der Waals surface area contributed by atoms with Gasteiger partial charge in [0.15, 0.2) is 5.11 Å². The lowest BCUT2D eigenvalue weighted by atomic mass is 10.1. The number of ether oxygens (including phenoxy) is 1. The maximum Gasteiger partial charge on any atom is 0.253 e. The van der Waals surface area contributed by atoms with Gasteiger partial charge >= 0.3 is 0 Å². The zero-order valence-electron chi connectivity index (χ0n) is 13.1. The Morgan fingerprint density at radius 3 is 2.54 bits per heavy atom. The molecule has 0 saturated heterocycles. The first-order valence-electron chi connectivity index (χ1n) is 7.30. The Kier molecular flexibility index (Phi) is 6.65. The van der Waals surface area contributed by atoms with Gasteiger partial charge in [-0.15, -0.1) is 0 Å². The van der Waals surface area contributed by atoms with Crippen LogP contribution in [0.3, 0.4) is 0 Å². The van der Waals surface area contributed by atoms with Gasteiger partial charge in [-0.2, -0.15) is 0 Å². The average Bonchev–Trinajstić information content (AvgIpc) is 2.57. The molecule has 2 aromatic rings. The summed E-state index contributed by atoms with van der Waals surface area (Å²) >= 11 is 5.24. The Labute approximate surface area is 145 Å². The van der Waals surface area contributed by atoms with E-state index in [9.17, 15) is 9.18 Å². The highest BCUT2D eigenvalue weighted by Crippen LogP contribution is 2.16. The summed E-state index contributed by atoms with van der Waals surface area (Å²) in [6.45, 7) is 0.855. The number of anilines is 2. The summed E-state index contributed by atoms with van der Waals surface area (Å²) in [6.07, 6.45) is 0. The van der Waals surface area contributed by atoms with Crippen molar-refractivity contribution in [3.8, 4) is 0 Å². The standard InChI is InChI=1S/C17H18FN3O2S/c1-23-11-10-19-16(22)14-4-2-3-5-15(14)21-17(24)20-13-8-6-12(18)7-9-13/h2-9H,10-11H2,1H3,(H,19,22)(H2,20,21,24). The second-order valence-electron chi connectivity index (χ2n) is 4.88. The van der Waals surface area contributed by atoms with Crippen molar-refractivity contribution in [3.63, 3.8) is 0 Å². The first-order chi connectivity index (χ1) is 11.6. The van der Waals surface area contributed by atoms with E-state index in [-0.39, 0.29) is 11.7 Å². The van der Waals surface area contributed by atoms with Crippen molar-refractivity contribution in [3.05, 3.63) is 59.9 Å². The highest BCUT2D eigenvalue weighted by molar-refractivity contribution is 7.80. The number of benzene rings is 2. The molecule has 0 aromatic heterocycles. The van der Waals surface area contributed by atoms with E-state index in [0.717, 1.165) is 0 Å². The number of carbonyl (C=O) groups excluding carboxylic acids is 1. The number of amides is 1. The lowest BCUT2D eigenvalue weighted by Crippen LogP contribution is -2.28. The third-order valence-corrected chi connectivity index (χ3v) is 3.32. The van der Waals surface area contributed by atoms with Crippen molar-refractivity contribution >= 4 is 34.6 Å². The van der Waals surface area contributed by atoms with E-state index in [4.69, 9.17) is 17.0 Å². The molecule has 0 aliphatic heterocycles. The molecule has 2 rings (SSSR count). The monoisotopic (exact) mass is 347 g/mol. The molecule has 0 radical (unpaired) electrons. The second-order valence-corrected chi connectivity index (χ2v) is 5.29. The number of hydrogen-bond donors (Lipinski definition) is 3. The minimum atomic E-state index is -0.322. The van der Waals surface area contributed by atoms with Crippen LogP contribution in [0.25, 0.3) is 0 Å². The normalized spacial score (nSPS) is 10.1. The summed E-state index contributed by atoms with van der Waals surface area (Å²) < 4.78 is 17.8. The molecule has 126 valence electrons. The molecule has 0 aliphatic carbocycles. The summed E-state index contributed by atoms with van der Waals surface area (Å²) in [5.74, 6) is -0.544. The molecular formula is C17H18FN3O2S. The molecule has 2 aromatic carbocycles. The molecule has 0 atom stereocenters. The van der Waals surface area contributed by atoms with Crippen LogP contribution in [0, 0.1) is 5.82 Å². The Balaban J connectivity index is 2.02. The zero-order valence-corrected chi connectivity index (χ0v) is 14.0. The van der Waals surface area contributed by atoms with Crippen LogP contribution in [-0.2, 0) is 4.74 Å². The van der Waals surface area contributed by atoms with Crippen LogP contribution in [0.1, 0.15) is 10.4 Å². The van der Waals surface area contributed by atoms with Gasteiger partial charge in [-0.1, -0.05) is 12.1 Å². The molecule has 0 heterocycles. The Hall–Kier alpha value is -2.51. The third-order valence-electron chi connectivity index (χ3n) is 3.11. The van der Waals surface area contributed by atoms with E-state index < -0.39 is 0 Å². The predicted molar refractivity (Wildman–Crippen MR) is 96.9 cm³/mol. The highest BCUT2D eigenvalue weighted by Gasteiger charge is 2.11. The minimum Gasteiger partial charge on any atom is -0.383 e. The first kappa shape index (κ1) is 17.8. The molecule has 5 nitrogen and oxygen atoms in total. The van der Waals surface area contributed by atoms with Crippen LogP contribution in [0.5, 0.6) is 0 Å². The van der Waals surface area contributed by atoms with Crippen molar-refractivity contribution in [1.29, 1.82) is 0 Å². The quantitative estimate of drug-likeness (QED) is 0.554. The number of rotatable bonds is 6. The van der Waals surface area contributed by atoms with E-state index in [1.54, 1.807) is 43.5 Å². The fourth-order valence-corrected chi connectivity index (χ4v) is 2.20. The molecular weight excluding hydrogens is 329 g/mol. The maximum atomic E-state index is 12.9. The fourth-order valence-electron chi connectivity index (χ4n) is 1.97. The van der Waals surface area contributed by atoms with Gasteiger partial charge < -0.3 is 20.7 Å². The highest BCUT2D eigenvalue weighted by atomic mass is 32.1. The third kappa shape index (κ3) is 5.29. The van der Waals surface area contributed by atoms with Gasteiger partial charge in [0.25, 0.3) is 5.91 Å². The first-order valence-corrected chi connectivity index (χ1v) is 7.70. The van der Waals surface area contributed by atoms with Crippen molar-refractivity contribution in [2.24, 2.45) is 0 Å². The van der Waals surface area contributed by atoms with E-state index in [1.165, 1.54) is 12.1 Å². The SMILES string of the molecule is COCCNC(=O)c1ccccc1NC(=S)Nc1ccc(F)cc1. The minimum absolute atomic E-state index is 0.222. The van der Waals surface area contributed by atoms with E-state index in [2.05, 4.69) is 16.0 Å². The molecule has 1 amide bonds. The van der Waals surface area contributed by atoms with Crippen molar-refractivity contribution in [2.75, 3.05) is 30.9 Å². The van der Waals surface area contributed by atoms with Crippen LogP contribution in [0.4, 0.5) is 15.8 Å². The largest absolute Gasteiger partial charge is 0.383 e. The summed E-state index contributed by atoms with van der Waals surface area (Å²) in [7, 11) is 1.57. The van der Waals surface area contributed by atoms with Crippen LogP contribution in [0.15, 0.2) is 48.5 Å². The molecule has 0 unspecified atom stereocenters. The number of para-hydroxylation sites is 1. The van der Waals surface area contributed by atoms with Gasteiger partial charge in [-0.05, 0) is 48.6 Å². The van der Waals surface area contributed by atoms with Gasteiger partial charge in [0.2, 0.25) is 0 Å². The smallest absolute Gasteiger partial charge is 0.253 e. The van der Waals surface area contributed by atoms with Crippen LogP contribution in [-0.4, -0.2) is 31.3 Å². The van der Waals surface area contributed by atoms with Crippen molar-refractivity contribution in [1.82, 2.24) is 5.32 Å². The van der Waals surface area contributed by atoms with Gasteiger partial charge in [0.1, 0.15) is 5.82 Å². The number of carbonyl (C=O) groups is 1. The topological polar surface area (TPSA) is 62.4 Å². The number of methoxy groups -OCH3 is 1. The molecule has 0 bridgehead atoms. The Bertz CT molecular complexity index is 707. The molecule has 0 spiro atoms. The predicted octanol–water partition coefficient (Wildman–Crippen LogP) is 3.01. The summed E-state index contributed by atoms with van der Waals surface area (Å²) in [5, 5.41) is 8.98. The van der Waals surface area contributed by atoms with Crippen LogP contribution >= 0.6 is 12.2 Å². The maximum absolute atomic E-state index is 12.9. The Morgan fingerprint density at radius 2 is 1.83 bits per heavy atom. The summed E-state index contributed by atoms with van der Waals surface area (Å²) in [6, 6.07) is 12.8. The zero-order chi connectivity index (χ0) is 17.4. The van der Waals surface area contributed by atoms with Crippen LogP contribution < -0.4 is 16.0 Å².